The molecule has 0 atom stereocenters. The first-order valence-corrected chi connectivity index (χ1v) is 5.97. The summed E-state index contributed by atoms with van der Waals surface area (Å²) in [4.78, 5) is 13.4. The van der Waals surface area contributed by atoms with Gasteiger partial charge in [-0.2, -0.15) is 0 Å². The fourth-order valence-corrected chi connectivity index (χ4v) is 2.00. The highest BCUT2D eigenvalue weighted by atomic mass is 16.1. The summed E-state index contributed by atoms with van der Waals surface area (Å²) >= 11 is 0. The predicted octanol–water partition coefficient (Wildman–Crippen LogP) is 1.90. The zero-order valence-corrected chi connectivity index (χ0v) is 11.2. The molecule has 17 heavy (non-hydrogen) atoms. The third-order valence-electron chi connectivity index (χ3n) is 3.22. The molecule has 1 amide bonds. The highest BCUT2D eigenvalue weighted by molar-refractivity contribution is 5.94. The SMILES string of the molecule is Cc1c(CCCN(C)C)ccc(C(N)=O)c1C. The summed E-state index contributed by atoms with van der Waals surface area (Å²) in [6, 6.07) is 3.87. The van der Waals surface area contributed by atoms with E-state index in [1.807, 2.05) is 19.1 Å². The van der Waals surface area contributed by atoms with Crippen LogP contribution in [0.15, 0.2) is 12.1 Å². The van der Waals surface area contributed by atoms with Gasteiger partial charge in [-0.1, -0.05) is 6.07 Å². The average Bonchev–Trinajstić information content (AvgIpc) is 2.23. The van der Waals surface area contributed by atoms with Crippen molar-refractivity contribution in [2.45, 2.75) is 26.7 Å². The molecule has 0 unspecified atom stereocenters. The Morgan fingerprint density at radius 2 is 1.88 bits per heavy atom. The van der Waals surface area contributed by atoms with E-state index in [9.17, 15) is 4.79 Å². The first-order valence-electron chi connectivity index (χ1n) is 5.97. The predicted molar refractivity (Wildman–Crippen MR) is 71.3 cm³/mol. The maximum atomic E-state index is 11.2. The average molecular weight is 234 g/mol. The molecule has 0 bridgehead atoms. The van der Waals surface area contributed by atoms with Gasteiger partial charge < -0.3 is 10.6 Å². The summed E-state index contributed by atoms with van der Waals surface area (Å²) in [5, 5.41) is 0. The van der Waals surface area contributed by atoms with Crippen molar-refractivity contribution >= 4 is 5.91 Å². The quantitative estimate of drug-likeness (QED) is 0.845. The number of nitrogens with two attached hydrogens (primary N) is 1. The molecule has 2 N–H and O–H groups in total. The zero-order valence-electron chi connectivity index (χ0n) is 11.2. The summed E-state index contributed by atoms with van der Waals surface area (Å²) in [5.41, 5.74) is 9.49. The van der Waals surface area contributed by atoms with Gasteiger partial charge in [-0.25, -0.2) is 0 Å². The van der Waals surface area contributed by atoms with Crippen molar-refractivity contribution in [1.82, 2.24) is 4.90 Å². The van der Waals surface area contributed by atoms with E-state index in [2.05, 4.69) is 25.9 Å². The smallest absolute Gasteiger partial charge is 0.248 e. The van der Waals surface area contributed by atoms with Crippen molar-refractivity contribution in [3.63, 3.8) is 0 Å². The van der Waals surface area contributed by atoms with Gasteiger partial charge in [-0.05, 0) is 70.1 Å². The van der Waals surface area contributed by atoms with Crippen LogP contribution in [0.5, 0.6) is 0 Å². The van der Waals surface area contributed by atoms with Crippen LogP contribution in [0, 0.1) is 13.8 Å². The minimum Gasteiger partial charge on any atom is -0.366 e. The molecule has 0 aliphatic carbocycles. The van der Waals surface area contributed by atoms with E-state index in [4.69, 9.17) is 5.73 Å². The Kier molecular flexibility index (Phi) is 4.70. The lowest BCUT2D eigenvalue weighted by Gasteiger charge is -2.13. The highest BCUT2D eigenvalue weighted by Gasteiger charge is 2.09. The first kappa shape index (κ1) is 13.7. The molecule has 0 aliphatic heterocycles. The topological polar surface area (TPSA) is 46.3 Å². The number of amides is 1. The van der Waals surface area contributed by atoms with Crippen LogP contribution in [-0.4, -0.2) is 31.4 Å². The maximum Gasteiger partial charge on any atom is 0.248 e. The van der Waals surface area contributed by atoms with Crippen LogP contribution in [0.1, 0.15) is 33.5 Å². The highest BCUT2D eigenvalue weighted by Crippen LogP contribution is 2.18. The molecule has 1 rings (SSSR count). The van der Waals surface area contributed by atoms with Gasteiger partial charge in [0.05, 0.1) is 0 Å². The zero-order chi connectivity index (χ0) is 13.0. The molecule has 94 valence electrons. The minimum absolute atomic E-state index is 0.342. The molecule has 0 radical (unpaired) electrons. The molecule has 0 fully saturated rings. The van der Waals surface area contributed by atoms with Gasteiger partial charge in [-0.15, -0.1) is 0 Å². The molecule has 0 heterocycles. The van der Waals surface area contributed by atoms with Crippen LogP contribution in [-0.2, 0) is 6.42 Å². The fraction of sp³-hybridized carbons (Fsp3) is 0.500. The van der Waals surface area contributed by atoms with Gasteiger partial charge in [0.15, 0.2) is 0 Å². The molecule has 0 saturated heterocycles. The molecule has 0 spiro atoms. The Morgan fingerprint density at radius 3 is 2.41 bits per heavy atom. The molecule has 3 heteroatoms. The van der Waals surface area contributed by atoms with E-state index in [0.717, 1.165) is 24.9 Å². The second-order valence-electron chi connectivity index (χ2n) is 4.79. The number of hydrogen-bond acceptors (Lipinski definition) is 2. The maximum absolute atomic E-state index is 11.2. The number of aryl methyl sites for hydroxylation is 1. The monoisotopic (exact) mass is 234 g/mol. The molecule has 1 aromatic rings. The van der Waals surface area contributed by atoms with Crippen LogP contribution in [0.3, 0.4) is 0 Å². The van der Waals surface area contributed by atoms with Crippen molar-refractivity contribution in [2.24, 2.45) is 5.73 Å². The van der Waals surface area contributed by atoms with Gasteiger partial charge in [0, 0.05) is 5.56 Å². The number of rotatable bonds is 5. The summed E-state index contributed by atoms with van der Waals surface area (Å²) in [6.45, 7) is 5.10. The van der Waals surface area contributed by atoms with E-state index in [1.54, 1.807) is 0 Å². The first-order chi connectivity index (χ1) is 7.93. The van der Waals surface area contributed by atoms with Gasteiger partial charge in [0.25, 0.3) is 0 Å². The Hall–Kier alpha value is -1.35. The van der Waals surface area contributed by atoms with E-state index in [1.165, 1.54) is 11.1 Å². The Balaban J connectivity index is 2.82. The summed E-state index contributed by atoms with van der Waals surface area (Å²) < 4.78 is 0. The van der Waals surface area contributed by atoms with Crippen molar-refractivity contribution in [2.75, 3.05) is 20.6 Å². The number of primary amides is 1. The number of nitrogens with zero attached hydrogens (tertiary/aromatic N) is 1. The van der Waals surface area contributed by atoms with Gasteiger partial charge >= 0.3 is 0 Å². The lowest BCUT2D eigenvalue weighted by Crippen LogP contribution is -2.15. The molecule has 0 saturated carbocycles. The number of benzene rings is 1. The van der Waals surface area contributed by atoms with Gasteiger partial charge in [0.2, 0.25) is 5.91 Å². The van der Waals surface area contributed by atoms with Crippen molar-refractivity contribution in [1.29, 1.82) is 0 Å². The minimum atomic E-state index is -0.342. The lowest BCUT2D eigenvalue weighted by atomic mass is 9.95. The van der Waals surface area contributed by atoms with E-state index in [-0.39, 0.29) is 5.91 Å². The molecule has 0 aromatic heterocycles. The van der Waals surface area contributed by atoms with Crippen LogP contribution in [0.25, 0.3) is 0 Å². The van der Waals surface area contributed by atoms with Crippen molar-refractivity contribution < 1.29 is 4.79 Å². The molecule has 3 nitrogen and oxygen atoms in total. The molecule has 0 aliphatic rings. The summed E-state index contributed by atoms with van der Waals surface area (Å²) in [5.74, 6) is -0.342. The Labute approximate surface area is 104 Å². The van der Waals surface area contributed by atoms with Crippen molar-refractivity contribution in [3.05, 3.63) is 34.4 Å². The van der Waals surface area contributed by atoms with E-state index >= 15 is 0 Å². The standard InChI is InChI=1S/C14H22N2O/c1-10-11(2)13(14(15)17)8-7-12(10)6-5-9-16(3)4/h7-8H,5-6,9H2,1-4H3,(H2,15,17). The second-order valence-corrected chi connectivity index (χ2v) is 4.79. The number of hydrogen-bond donors (Lipinski definition) is 1. The van der Waals surface area contributed by atoms with Crippen molar-refractivity contribution in [3.8, 4) is 0 Å². The third kappa shape index (κ3) is 3.56. The number of carbonyl (C=O) groups excluding carboxylic acids is 1. The molecular formula is C14H22N2O. The Morgan fingerprint density at radius 1 is 1.24 bits per heavy atom. The largest absolute Gasteiger partial charge is 0.366 e. The third-order valence-corrected chi connectivity index (χ3v) is 3.22. The van der Waals surface area contributed by atoms with Crippen LogP contribution in [0.2, 0.25) is 0 Å². The Bertz CT molecular complexity index is 411. The van der Waals surface area contributed by atoms with Crippen LogP contribution in [0.4, 0.5) is 0 Å². The van der Waals surface area contributed by atoms with Gasteiger partial charge in [-0.3, -0.25) is 4.79 Å². The lowest BCUT2D eigenvalue weighted by molar-refractivity contribution is 0.0999. The molecular weight excluding hydrogens is 212 g/mol. The number of carbonyl (C=O) groups is 1. The van der Waals surface area contributed by atoms with Crippen LogP contribution >= 0.6 is 0 Å². The normalized spacial score (nSPS) is 10.9. The van der Waals surface area contributed by atoms with Crippen LogP contribution < -0.4 is 5.73 Å². The van der Waals surface area contributed by atoms with Gasteiger partial charge in [0.1, 0.15) is 0 Å². The van der Waals surface area contributed by atoms with E-state index in [0.29, 0.717) is 5.56 Å². The fourth-order valence-electron chi connectivity index (χ4n) is 2.00. The molecule has 1 aromatic carbocycles. The summed E-state index contributed by atoms with van der Waals surface area (Å²) in [6.07, 6.45) is 2.17. The summed E-state index contributed by atoms with van der Waals surface area (Å²) in [7, 11) is 4.16. The second kappa shape index (κ2) is 5.82. The van der Waals surface area contributed by atoms with E-state index < -0.39 is 0 Å².